The van der Waals surface area contributed by atoms with Gasteiger partial charge in [0.15, 0.2) is 5.16 Å². The van der Waals surface area contributed by atoms with Gasteiger partial charge in [0.2, 0.25) is 15.9 Å². The van der Waals surface area contributed by atoms with Crippen molar-refractivity contribution in [1.29, 1.82) is 0 Å². The number of hydrogen-bond donors (Lipinski definition) is 1. The molecule has 3 rings (SSSR count). The second-order valence-electron chi connectivity index (χ2n) is 7.02. The zero-order valence-electron chi connectivity index (χ0n) is 17.5. The molecule has 0 aliphatic heterocycles. The zero-order chi connectivity index (χ0) is 22.8. The van der Waals surface area contributed by atoms with E-state index in [2.05, 4.69) is 15.5 Å². The first-order chi connectivity index (χ1) is 14.6. The van der Waals surface area contributed by atoms with Gasteiger partial charge in [0, 0.05) is 24.8 Å². The normalized spacial score (nSPS) is 11.7. The number of amides is 1. The fourth-order valence-corrected chi connectivity index (χ4v) is 4.49. The van der Waals surface area contributed by atoms with Gasteiger partial charge in [-0.25, -0.2) is 12.7 Å². The number of carbonyl (C=O) groups excluding carboxylic acids is 1. The summed E-state index contributed by atoms with van der Waals surface area (Å²) in [6.07, 6.45) is 1.56. The van der Waals surface area contributed by atoms with Crippen molar-refractivity contribution in [2.24, 2.45) is 0 Å². The maximum absolute atomic E-state index is 12.5. The van der Waals surface area contributed by atoms with Crippen LogP contribution in [0.1, 0.15) is 11.1 Å². The Morgan fingerprint density at radius 1 is 1.16 bits per heavy atom. The fraction of sp³-hybridized carbons (Fsp3) is 0.250. The van der Waals surface area contributed by atoms with Crippen molar-refractivity contribution >= 4 is 45.0 Å². The predicted octanol–water partition coefficient (Wildman–Crippen LogP) is 3.52. The van der Waals surface area contributed by atoms with E-state index < -0.39 is 10.0 Å². The Labute approximate surface area is 190 Å². The van der Waals surface area contributed by atoms with Gasteiger partial charge in [0.05, 0.1) is 16.3 Å². The number of halogens is 1. The molecule has 11 heteroatoms. The van der Waals surface area contributed by atoms with E-state index in [4.69, 9.17) is 11.6 Å². The number of anilines is 1. The average Bonchev–Trinajstić information content (AvgIpc) is 3.18. The Bertz CT molecular complexity index is 1230. The molecule has 0 atom stereocenters. The molecule has 0 unspecified atom stereocenters. The van der Waals surface area contributed by atoms with Crippen molar-refractivity contribution in [2.45, 2.75) is 23.9 Å². The molecule has 31 heavy (non-hydrogen) atoms. The van der Waals surface area contributed by atoms with Crippen LogP contribution < -0.4 is 5.32 Å². The van der Waals surface area contributed by atoms with E-state index >= 15 is 0 Å². The smallest absolute Gasteiger partial charge is 0.242 e. The van der Waals surface area contributed by atoms with E-state index in [1.165, 1.54) is 38.0 Å². The van der Waals surface area contributed by atoms with Crippen LogP contribution in [0.3, 0.4) is 0 Å². The maximum Gasteiger partial charge on any atom is 0.242 e. The minimum absolute atomic E-state index is 0.0718. The topological polar surface area (TPSA) is 97.2 Å². The third-order valence-corrected chi connectivity index (χ3v) is 7.71. The molecule has 1 aromatic heterocycles. The first kappa shape index (κ1) is 23.3. The van der Waals surface area contributed by atoms with E-state index in [0.29, 0.717) is 15.9 Å². The molecule has 1 amide bonds. The number of thioether (sulfide) groups is 1. The molecule has 0 radical (unpaired) electrons. The van der Waals surface area contributed by atoms with Crippen molar-refractivity contribution in [3.8, 4) is 5.69 Å². The molecule has 0 spiro atoms. The predicted molar refractivity (Wildman–Crippen MR) is 123 cm³/mol. The van der Waals surface area contributed by atoms with Crippen molar-refractivity contribution in [3.63, 3.8) is 0 Å². The van der Waals surface area contributed by atoms with Crippen molar-refractivity contribution in [2.75, 3.05) is 25.2 Å². The molecular formula is C20H22ClN5O3S2. The van der Waals surface area contributed by atoms with E-state index in [9.17, 15) is 13.2 Å². The van der Waals surface area contributed by atoms with Crippen LogP contribution in [-0.2, 0) is 14.8 Å². The summed E-state index contributed by atoms with van der Waals surface area (Å²) < 4.78 is 27.6. The van der Waals surface area contributed by atoms with Gasteiger partial charge in [-0.05, 0) is 49.2 Å². The molecule has 3 aromatic rings. The Balaban J connectivity index is 1.72. The second kappa shape index (κ2) is 9.39. The summed E-state index contributed by atoms with van der Waals surface area (Å²) in [6.45, 7) is 3.71. The van der Waals surface area contributed by atoms with Crippen molar-refractivity contribution < 1.29 is 13.2 Å². The van der Waals surface area contributed by atoms with E-state index in [1.54, 1.807) is 23.9 Å². The van der Waals surface area contributed by atoms with E-state index in [0.717, 1.165) is 21.1 Å². The Morgan fingerprint density at radius 2 is 1.87 bits per heavy atom. The highest BCUT2D eigenvalue weighted by molar-refractivity contribution is 7.99. The van der Waals surface area contributed by atoms with Crippen LogP contribution in [0, 0.1) is 13.8 Å². The summed E-state index contributed by atoms with van der Waals surface area (Å²) in [5, 5.41) is 11.9. The first-order valence-electron chi connectivity index (χ1n) is 9.22. The van der Waals surface area contributed by atoms with Gasteiger partial charge in [-0.15, -0.1) is 10.2 Å². The van der Waals surface area contributed by atoms with Gasteiger partial charge in [-0.1, -0.05) is 35.5 Å². The number of aryl methyl sites for hydroxylation is 2. The SMILES string of the molecule is Cc1ccc(-n2cnnc2SCC(=O)Nc2cc(S(=O)(=O)N(C)C)ccc2C)cc1Cl. The summed E-state index contributed by atoms with van der Waals surface area (Å²) in [5.74, 6) is -0.216. The van der Waals surface area contributed by atoms with Gasteiger partial charge in [0.1, 0.15) is 6.33 Å². The van der Waals surface area contributed by atoms with E-state index in [-0.39, 0.29) is 16.6 Å². The number of aromatic nitrogens is 3. The minimum Gasteiger partial charge on any atom is -0.325 e. The number of carbonyl (C=O) groups is 1. The summed E-state index contributed by atoms with van der Waals surface area (Å²) in [7, 11) is -0.679. The lowest BCUT2D eigenvalue weighted by Crippen LogP contribution is -2.22. The molecule has 1 N–H and O–H groups in total. The van der Waals surface area contributed by atoms with Crippen molar-refractivity contribution in [3.05, 3.63) is 58.9 Å². The Kier molecular flexibility index (Phi) is 7.05. The summed E-state index contributed by atoms with van der Waals surface area (Å²) in [4.78, 5) is 12.6. The van der Waals surface area contributed by atoms with Crippen LogP contribution in [0.4, 0.5) is 5.69 Å². The fourth-order valence-electron chi connectivity index (χ4n) is 2.65. The van der Waals surface area contributed by atoms with Gasteiger partial charge in [0.25, 0.3) is 0 Å². The number of nitrogens with zero attached hydrogens (tertiary/aromatic N) is 4. The number of sulfonamides is 1. The number of hydrogen-bond acceptors (Lipinski definition) is 6. The molecule has 2 aromatic carbocycles. The van der Waals surface area contributed by atoms with Crippen LogP contribution >= 0.6 is 23.4 Å². The monoisotopic (exact) mass is 479 g/mol. The molecule has 0 aliphatic carbocycles. The molecule has 1 heterocycles. The Hall–Kier alpha value is -2.40. The Morgan fingerprint density at radius 3 is 2.55 bits per heavy atom. The van der Waals surface area contributed by atoms with Gasteiger partial charge in [-0.3, -0.25) is 9.36 Å². The highest BCUT2D eigenvalue weighted by Gasteiger charge is 2.19. The lowest BCUT2D eigenvalue weighted by atomic mass is 10.2. The molecule has 0 fully saturated rings. The summed E-state index contributed by atoms with van der Waals surface area (Å²) in [5.41, 5.74) is 2.95. The van der Waals surface area contributed by atoms with Gasteiger partial charge in [-0.2, -0.15) is 0 Å². The number of rotatable bonds is 7. The van der Waals surface area contributed by atoms with Gasteiger partial charge < -0.3 is 5.32 Å². The van der Waals surface area contributed by atoms with Gasteiger partial charge >= 0.3 is 0 Å². The molecule has 164 valence electrons. The minimum atomic E-state index is -3.60. The zero-order valence-corrected chi connectivity index (χ0v) is 19.8. The lowest BCUT2D eigenvalue weighted by Gasteiger charge is -2.14. The number of nitrogens with one attached hydrogen (secondary N) is 1. The largest absolute Gasteiger partial charge is 0.325 e. The van der Waals surface area contributed by atoms with Crippen LogP contribution in [0.15, 0.2) is 52.8 Å². The average molecular weight is 480 g/mol. The third-order valence-electron chi connectivity index (χ3n) is 4.54. The molecule has 8 nitrogen and oxygen atoms in total. The second-order valence-corrected chi connectivity index (χ2v) is 10.5. The number of benzene rings is 2. The molecule has 0 saturated carbocycles. The van der Waals surface area contributed by atoms with Crippen LogP contribution in [0.5, 0.6) is 0 Å². The van der Waals surface area contributed by atoms with E-state index in [1.807, 2.05) is 25.1 Å². The van der Waals surface area contributed by atoms with Crippen LogP contribution in [0.25, 0.3) is 5.69 Å². The highest BCUT2D eigenvalue weighted by atomic mass is 35.5. The van der Waals surface area contributed by atoms with Crippen molar-refractivity contribution in [1.82, 2.24) is 19.1 Å². The molecular weight excluding hydrogens is 458 g/mol. The first-order valence-corrected chi connectivity index (χ1v) is 12.0. The maximum atomic E-state index is 12.5. The lowest BCUT2D eigenvalue weighted by molar-refractivity contribution is -0.113. The molecule has 0 aliphatic rings. The van der Waals surface area contributed by atoms with Crippen LogP contribution in [-0.4, -0.2) is 53.2 Å². The standard InChI is InChI=1S/C20H22ClN5O3S2/c1-13-5-7-15(9-17(13)21)26-12-22-24-20(26)30-11-19(27)23-18-10-16(8-6-14(18)2)31(28,29)25(3)4/h5-10,12H,11H2,1-4H3,(H,23,27). The highest BCUT2D eigenvalue weighted by Crippen LogP contribution is 2.25. The summed E-state index contributed by atoms with van der Waals surface area (Å²) >= 11 is 7.42. The van der Waals surface area contributed by atoms with Crippen LogP contribution in [0.2, 0.25) is 5.02 Å². The molecule has 0 saturated heterocycles. The summed E-state index contributed by atoms with van der Waals surface area (Å²) in [6, 6.07) is 10.3. The third kappa shape index (κ3) is 5.27. The molecule has 0 bridgehead atoms. The quantitative estimate of drug-likeness (QED) is 0.521.